The molecule has 4 atom stereocenters. The number of aromatic amines is 2. The van der Waals surface area contributed by atoms with Crippen molar-refractivity contribution in [3.8, 4) is 5.75 Å². The third kappa shape index (κ3) is 6.40. The number of benzene rings is 4. The number of hydrogen-bond donors (Lipinski definition) is 4. The zero-order valence-electron chi connectivity index (χ0n) is 31.3. The number of anilines is 2. The molecule has 0 amide bonds. The Labute approximate surface area is 319 Å². The van der Waals surface area contributed by atoms with Crippen LogP contribution in [-0.2, 0) is 0 Å². The van der Waals surface area contributed by atoms with Crippen molar-refractivity contribution in [1.82, 2.24) is 30.6 Å². The molecule has 284 valence electrons. The molecule has 4 aliphatic heterocycles. The minimum absolute atomic E-state index is 0.0723. The lowest BCUT2D eigenvalue weighted by Crippen LogP contribution is -2.34. The molecule has 2 aromatic heterocycles. The van der Waals surface area contributed by atoms with Gasteiger partial charge in [-0.3, -0.25) is 0 Å². The van der Waals surface area contributed by atoms with Crippen LogP contribution in [0.4, 0.5) is 20.2 Å². The largest absolute Gasteiger partial charge is 0.497 e. The van der Waals surface area contributed by atoms with Crippen LogP contribution in [0.15, 0.2) is 72.8 Å². The van der Waals surface area contributed by atoms with Gasteiger partial charge in [0.25, 0.3) is 0 Å². The van der Waals surface area contributed by atoms with Crippen LogP contribution < -0.4 is 25.2 Å². The van der Waals surface area contributed by atoms with Crippen molar-refractivity contribution in [1.29, 1.82) is 0 Å². The van der Waals surface area contributed by atoms with E-state index in [4.69, 9.17) is 14.7 Å². The quantitative estimate of drug-likeness (QED) is 0.124. The summed E-state index contributed by atoms with van der Waals surface area (Å²) in [6.07, 6.45) is 7.74. The summed E-state index contributed by atoms with van der Waals surface area (Å²) in [6.45, 7) is 3.18. The first-order valence-electron chi connectivity index (χ1n) is 20.1. The zero-order chi connectivity index (χ0) is 37.0. The van der Waals surface area contributed by atoms with E-state index in [1.54, 1.807) is 19.2 Å². The van der Waals surface area contributed by atoms with E-state index in [0.717, 1.165) is 115 Å². The van der Waals surface area contributed by atoms with E-state index < -0.39 is 11.6 Å². The third-order valence-corrected chi connectivity index (χ3v) is 12.7. The highest BCUT2D eigenvalue weighted by molar-refractivity contribution is 5.78. The Morgan fingerprint density at radius 3 is 1.65 bits per heavy atom. The molecular formula is C44H48F2N8O. The molecule has 6 aromatic rings. The predicted octanol–water partition coefficient (Wildman–Crippen LogP) is 9.04. The average molecular weight is 743 g/mol. The van der Waals surface area contributed by atoms with Crippen LogP contribution in [0.3, 0.4) is 0 Å². The van der Waals surface area contributed by atoms with Crippen LogP contribution in [0.2, 0.25) is 0 Å². The highest BCUT2D eigenvalue weighted by atomic mass is 19.1. The second-order valence-electron chi connectivity index (χ2n) is 15.9. The Kier molecular flexibility index (Phi) is 8.94. The molecule has 0 aliphatic carbocycles. The van der Waals surface area contributed by atoms with Gasteiger partial charge in [-0.2, -0.15) is 0 Å². The standard InChI is InChI=1S/C44H48F2N8O/c1-55-31-10-6-26(7-11-31)27-16-20-53(21-17-27)42-32(45)24-30(25-33(42)46)54-40(28-8-12-34-38(22-28)51-43(49-34)36-4-2-18-47-36)14-15-41(54)29-9-13-35-39(23-29)52-44(50-35)37-5-3-19-48-37/h6-13,22-25,27,36-37,40-41,47-48H,2-5,14-21H2,1H3,(H,49,51)(H,50,52)/t36-,37-,40+,41+/m0/s1. The molecule has 9 nitrogen and oxygen atoms in total. The van der Waals surface area contributed by atoms with Gasteiger partial charge in [-0.1, -0.05) is 24.3 Å². The lowest BCUT2D eigenvalue weighted by molar-refractivity contribution is 0.414. The second kappa shape index (κ2) is 14.3. The molecule has 10 rings (SSSR count). The van der Waals surface area contributed by atoms with Gasteiger partial charge < -0.3 is 35.1 Å². The number of H-pyrrole nitrogens is 2. The number of nitrogens with one attached hydrogen (secondary N) is 4. The molecule has 4 aromatic carbocycles. The van der Waals surface area contributed by atoms with Gasteiger partial charge in [-0.15, -0.1) is 0 Å². The summed E-state index contributed by atoms with van der Waals surface area (Å²) in [5.74, 6) is 2.08. The average Bonchev–Trinajstić information content (AvgIpc) is 4.06. The number of ether oxygens (including phenoxy) is 1. The molecular weight excluding hydrogens is 695 g/mol. The van der Waals surface area contributed by atoms with E-state index in [-0.39, 0.29) is 29.9 Å². The third-order valence-electron chi connectivity index (χ3n) is 12.7. The monoisotopic (exact) mass is 742 g/mol. The van der Waals surface area contributed by atoms with Gasteiger partial charge in [0.1, 0.15) is 23.1 Å². The van der Waals surface area contributed by atoms with Gasteiger partial charge in [0, 0.05) is 18.8 Å². The summed E-state index contributed by atoms with van der Waals surface area (Å²) in [7, 11) is 1.67. The Bertz CT molecular complexity index is 2190. The number of aromatic nitrogens is 4. The summed E-state index contributed by atoms with van der Waals surface area (Å²) in [4.78, 5) is 21.1. The Hall–Kier alpha value is -5.00. The Balaban J connectivity index is 0.976. The topological polar surface area (TPSA) is 97.1 Å². The van der Waals surface area contributed by atoms with Crippen LogP contribution in [-0.4, -0.2) is 53.2 Å². The second-order valence-corrected chi connectivity index (χ2v) is 15.9. The van der Waals surface area contributed by atoms with Gasteiger partial charge in [-0.05, 0) is 136 Å². The van der Waals surface area contributed by atoms with E-state index in [1.165, 1.54) is 5.56 Å². The number of methoxy groups -OCH3 is 1. The molecule has 0 radical (unpaired) electrons. The smallest absolute Gasteiger partial charge is 0.151 e. The zero-order valence-corrected chi connectivity index (χ0v) is 31.3. The van der Waals surface area contributed by atoms with Crippen molar-refractivity contribution in [2.75, 3.05) is 43.1 Å². The maximum absolute atomic E-state index is 16.5. The molecule has 4 aliphatic rings. The van der Waals surface area contributed by atoms with Gasteiger partial charge in [-0.25, -0.2) is 18.7 Å². The van der Waals surface area contributed by atoms with Crippen LogP contribution in [0.1, 0.15) is 110 Å². The SMILES string of the molecule is COc1ccc(C2CCN(c3c(F)cc(N4[C@@H](c5ccc6nc([C@@H]7CCCN7)[nH]c6c5)CC[C@@H]4c4ccc5nc([C@@H]6CCCN6)[nH]c5c4)cc3F)CC2)cc1. The van der Waals surface area contributed by atoms with Crippen LogP contribution in [0.5, 0.6) is 5.75 Å². The number of fused-ring (bicyclic) bond motifs is 2. The fourth-order valence-electron chi connectivity index (χ4n) is 9.82. The summed E-state index contributed by atoms with van der Waals surface area (Å²) in [6, 6.07) is 24.4. The molecule has 4 fully saturated rings. The first-order valence-corrected chi connectivity index (χ1v) is 20.1. The van der Waals surface area contributed by atoms with Crippen molar-refractivity contribution in [3.05, 3.63) is 113 Å². The lowest BCUT2D eigenvalue weighted by Gasteiger charge is -2.36. The normalized spacial score (nSPS) is 23.5. The van der Waals surface area contributed by atoms with Gasteiger partial charge in [0.2, 0.25) is 0 Å². The molecule has 11 heteroatoms. The number of halogens is 2. The summed E-state index contributed by atoms with van der Waals surface area (Å²) >= 11 is 0. The van der Waals surface area contributed by atoms with E-state index in [9.17, 15) is 0 Å². The molecule has 6 heterocycles. The number of nitrogens with zero attached hydrogens (tertiary/aromatic N) is 4. The van der Waals surface area contributed by atoms with Crippen LogP contribution >= 0.6 is 0 Å². The molecule has 4 saturated heterocycles. The number of piperidine rings is 1. The Morgan fingerprint density at radius 2 is 1.16 bits per heavy atom. The maximum Gasteiger partial charge on any atom is 0.151 e. The fourth-order valence-corrected chi connectivity index (χ4v) is 9.82. The van der Waals surface area contributed by atoms with E-state index in [2.05, 4.69) is 74.0 Å². The molecule has 4 N–H and O–H groups in total. The highest BCUT2D eigenvalue weighted by Crippen LogP contribution is 2.49. The number of rotatable bonds is 8. The van der Waals surface area contributed by atoms with Crippen LogP contribution in [0, 0.1) is 11.6 Å². The number of hydrogen-bond acceptors (Lipinski definition) is 7. The van der Waals surface area contributed by atoms with E-state index in [1.807, 2.05) is 17.0 Å². The van der Waals surface area contributed by atoms with Crippen molar-refractivity contribution in [3.63, 3.8) is 0 Å². The van der Waals surface area contributed by atoms with Crippen molar-refractivity contribution < 1.29 is 13.5 Å². The number of imidazole rings is 2. The first-order chi connectivity index (χ1) is 27.0. The highest BCUT2D eigenvalue weighted by Gasteiger charge is 2.38. The minimum atomic E-state index is -0.516. The summed E-state index contributed by atoms with van der Waals surface area (Å²) < 4.78 is 38.3. The maximum atomic E-state index is 16.5. The van der Waals surface area contributed by atoms with Crippen molar-refractivity contribution in [2.24, 2.45) is 0 Å². The predicted molar refractivity (Wildman–Crippen MR) is 213 cm³/mol. The van der Waals surface area contributed by atoms with Gasteiger partial charge in [0.05, 0.1) is 53.3 Å². The van der Waals surface area contributed by atoms with E-state index >= 15 is 8.78 Å². The molecule has 0 spiro atoms. The van der Waals surface area contributed by atoms with Crippen molar-refractivity contribution in [2.45, 2.75) is 81.5 Å². The first kappa shape index (κ1) is 34.5. The van der Waals surface area contributed by atoms with Gasteiger partial charge >= 0.3 is 0 Å². The minimum Gasteiger partial charge on any atom is -0.497 e. The summed E-state index contributed by atoms with van der Waals surface area (Å²) in [5, 5.41) is 7.09. The molecule has 55 heavy (non-hydrogen) atoms. The fraction of sp³-hybridized carbons (Fsp3) is 0.409. The van der Waals surface area contributed by atoms with Crippen LogP contribution in [0.25, 0.3) is 22.1 Å². The molecule has 0 saturated carbocycles. The van der Waals surface area contributed by atoms with Gasteiger partial charge in [0.15, 0.2) is 11.6 Å². The molecule has 0 bridgehead atoms. The Morgan fingerprint density at radius 1 is 0.636 bits per heavy atom. The van der Waals surface area contributed by atoms with E-state index in [0.29, 0.717) is 24.7 Å². The lowest BCUT2D eigenvalue weighted by atomic mass is 9.89. The summed E-state index contributed by atoms with van der Waals surface area (Å²) in [5.41, 5.74) is 7.92. The van der Waals surface area contributed by atoms with Crippen molar-refractivity contribution >= 4 is 33.4 Å². The molecule has 0 unspecified atom stereocenters.